The van der Waals surface area contributed by atoms with Gasteiger partial charge in [0.05, 0.1) is 5.69 Å². The van der Waals surface area contributed by atoms with Gasteiger partial charge in [0.25, 0.3) is 0 Å². The summed E-state index contributed by atoms with van der Waals surface area (Å²) in [4.78, 5) is 6.41. The van der Waals surface area contributed by atoms with Crippen molar-refractivity contribution in [1.29, 1.82) is 0 Å². The lowest BCUT2D eigenvalue weighted by Crippen LogP contribution is -2.19. The predicted octanol–water partition coefficient (Wildman–Crippen LogP) is 4.01. The zero-order valence-corrected chi connectivity index (χ0v) is 13.8. The molecule has 1 atom stereocenters. The first kappa shape index (κ1) is 14.5. The summed E-state index contributed by atoms with van der Waals surface area (Å²) in [6.07, 6.45) is 5.40. The molecule has 0 amide bonds. The van der Waals surface area contributed by atoms with Gasteiger partial charge in [-0.25, -0.2) is 4.98 Å². The molecule has 1 unspecified atom stereocenters. The van der Waals surface area contributed by atoms with E-state index < -0.39 is 0 Å². The highest BCUT2D eigenvalue weighted by molar-refractivity contribution is 7.11. The molecule has 3 rings (SSSR count). The Morgan fingerprint density at radius 2 is 2.00 bits per heavy atom. The molecule has 1 heterocycles. The van der Waals surface area contributed by atoms with Gasteiger partial charge in [-0.05, 0) is 31.1 Å². The molecule has 112 valence electrons. The van der Waals surface area contributed by atoms with Crippen LogP contribution in [0.4, 0.5) is 0 Å². The second-order valence-electron chi connectivity index (χ2n) is 7.27. The maximum absolute atomic E-state index is 5.73. The fourth-order valence-electron chi connectivity index (χ4n) is 2.65. The summed E-state index contributed by atoms with van der Waals surface area (Å²) in [5.41, 5.74) is 1.44. The average Bonchev–Trinajstić information content (AvgIpc) is 3.26. The third kappa shape index (κ3) is 3.23. The van der Waals surface area contributed by atoms with E-state index in [-0.39, 0.29) is 11.5 Å². The highest BCUT2D eigenvalue weighted by Crippen LogP contribution is 2.46. The number of methoxy groups -OCH3 is 1. The fourth-order valence-corrected chi connectivity index (χ4v) is 4.07. The minimum Gasteiger partial charge on any atom is -0.374 e. The molecular formula is C16H26N2OS. The van der Waals surface area contributed by atoms with Gasteiger partial charge in [0.15, 0.2) is 0 Å². The van der Waals surface area contributed by atoms with Crippen LogP contribution in [0.25, 0.3) is 0 Å². The Morgan fingerprint density at radius 3 is 2.50 bits per heavy atom. The lowest BCUT2D eigenvalue weighted by molar-refractivity contribution is 0.0149. The molecule has 2 aliphatic carbocycles. The van der Waals surface area contributed by atoms with Crippen molar-refractivity contribution in [2.75, 3.05) is 7.11 Å². The van der Waals surface area contributed by atoms with Gasteiger partial charge in [-0.3, -0.25) is 0 Å². The molecule has 0 radical (unpaired) electrons. The van der Waals surface area contributed by atoms with Crippen molar-refractivity contribution in [2.45, 2.75) is 71.1 Å². The van der Waals surface area contributed by atoms with Gasteiger partial charge in [0.2, 0.25) is 0 Å². The van der Waals surface area contributed by atoms with E-state index in [1.807, 2.05) is 11.3 Å². The zero-order chi connectivity index (χ0) is 14.3. The van der Waals surface area contributed by atoms with Crippen LogP contribution in [0.5, 0.6) is 0 Å². The van der Waals surface area contributed by atoms with Crippen molar-refractivity contribution in [1.82, 2.24) is 10.3 Å². The lowest BCUT2D eigenvalue weighted by atomic mass is 9.89. The van der Waals surface area contributed by atoms with Crippen LogP contribution in [0.2, 0.25) is 0 Å². The Labute approximate surface area is 126 Å². The van der Waals surface area contributed by atoms with Crippen molar-refractivity contribution >= 4 is 11.3 Å². The van der Waals surface area contributed by atoms with E-state index in [1.54, 1.807) is 7.11 Å². The zero-order valence-electron chi connectivity index (χ0n) is 13.0. The smallest absolute Gasteiger partial charge is 0.123 e. The minimum atomic E-state index is 0.0919. The third-order valence-corrected chi connectivity index (χ3v) is 5.20. The summed E-state index contributed by atoms with van der Waals surface area (Å²) in [7, 11) is 1.80. The highest BCUT2D eigenvalue weighted by Gasteiger charge is 2.34. The molecule has 0 aromatic carbocycles. The van der Waals surface area contributed by atoms with E-state index in [1.165, 1.54) is 36.3 Å². The van der Waals surface area contributed by atoms with E-state index in [9.17, 15) is 0 Å². The van der Waals surface area contributed by atoms with E-state index in [0.29, 0.717) is 5.92 Å². The Bertz CT molecular complexity index is 469. The molecule has 0 saturated heterocycles. The summed E-state index contributed by atoms with van der Waals surface area (Å²) in [5.74, 6) is 0.716. The number of nitrogens with zero attached hydrogens (tertiary/aromatic N) is 1. The number of hydrogen-bond acceptors (Lipinski definition) is 4. The minimum absolute atomic E-state index is 0.0919. The van der Waals surface area contributed by atoms with Crippen molar-refractivity contribution in [3.8, 4) is 0 Å². The largest absolute Gasteiger partial charge is 0.374 e. The fraction of sp³-hybridized carbons (Fsp3) is 0.812. The maximum Gasteiger partial charge on any atom is 0.123 e. The summed E-state index contributed by atoms with van der Waals surface area (Å²) in [6, 6.07) is 0.758. The Hall–Kier alpha value is -0.450. The normalized spacial score (nSPS) is 21.2. The number of rotatable bonds is 6. The van der Waals surface area contributed by atoms with Crippen molar-refractivity contribution in [3.63, 3.8) is 0 Å². The molecule has 0 bridgehead atoms. The molecule has 2 aliphatic rings. The molecular weight excluding hydrogens is 268 g/mol. The molecule has 0 aliphatic heterocycles. The van der Waals surface area contributed by atoms with Gasteiger partial charge in [0, 0.05) is 30.5 Å². The van der Waals surface area contributed by atoms with Gasteiger partial charge < -0.3 is 10.1 Å². The molecule has 1 N–H and O–H groups in total. The van der Waals surface area contributed by atoms with Crippen molar-refractivity contribution in [3.05, 3.63) is 15.6 Å². The second kappa shape index (κ2) is 5.39. The van der Waals surface area contributed by atoms with Crippen molar-refractivity contribution < 1.29 is 4.74 Å². The molecule has 1 aromatic heterocycles. The molecule has 1 aromatic rings. The van der Waals surface area contributed by atoms with Crippen LogP contribution in [0.3, 0.4) is 0 Å². The monoisotopic (exact) mass is 294 g/mol. The maximum atomic E-state index is 5.73. The lowest BCUT2D eigenvalue weighted by Gasteiger charge is -2.27. The first-order valence-electron chi connectivity index (χ1n) is 7.74. The van der Waals surface area contributed by atoms with Crippen molar-refractivity contribution in [2.24, 2.45) is 5.41 Å². The molecule has 20 heavy (non-hydrogen) atoms. The van der Waals surface area contributed by atoms with Crippen LogP contribution >= 0.6 is 11.3 Å². The summed E-state index contributed by atoms with van der Waals surface area (Å²) < 4.78 is 5.73. The van der Waals surface area contributed by atoms with E-state index >= 15 is 0 Å². The molecule has 3 nitrogen and oxygen atoms in total. The number of nitrogens with one attached hydrogen (secondary N) is 1. The Morgan fingerprint density at radius 1 is 1.30 bits per heavy atom. The summed E-state index contributed by atoms with van der Waals surface area (Å²) in [5, 5.41) is 4.80. The van der Waals surface area contributed by atoms with Gasteiger partial charge in [0.1, 0.15) is 11.1 Å². The summed E-state index contributed by atoms with van der Waals surface area (Å²) in [6.45, 7) is 7.67. The Balaban J connectivity index is 1.81. The van der Waals surface area contributed by atoms with E-state index in [0.717, 1.165) is 17.6 Å². The van der Waals surface area contributed by atoms with Crippen LogP contribution in [0, 0.1) is 5.41 Å². The molecule has 2 saturated carbocycles. The van der Waals surface area contributed by atoms with Crippen LogP contribution in [0.1, 0.15) is 74.1 Å². The SMILES string of the molecule is COC(c1nc(C2CC2)c(CNC2CC2)s1)C(C)(C)C. The average molecular weight is 294 g/mol. The van der Waals surface area contributed by atoms with Gasteiger partial charge in [-0.15, -0.1) is 11.3 Å². The first-order valence-corrected chi connectivity index (χ1v) is 8.56. The van der Waals surface area contributed by atoms with Gasteiger partial charge in [-0.1, -0.05) is 20.8 Å². The van der Waals surface area contributed by atoms with Crippen LogP contribution in [-0.2, 0) is 11.3 Å². The van der Waals surface area contributed by atoms with Gasteiger partial charge in [-0.2, -0.15) is 0 Å². The van der Waals surface area contributed by atoms with E-state index in [2.05, 4.69) is 26.1 Å². The number of aromatic nitrogens is 1. The quantitative estimate of drug-likeness (QED) is 0.861. The predicted molar refractivity (Wildman–Crippen MR) is 83.2 cm³/mol. The molecule has 2 fully saturated rings. The number of hydrogen-bond donors (Lipinski definition) is 1. The Kier molecular flexibility index (Phi) is 3.91. The third-order valence-electron chi connectivity index (χ3n) is 4.08. The molecule has 4 heteroatoms. The number of thiazole rings is 1. The van der Waals surface area contributed by atoms with Crippen LogP contribution in [0.15, 0.2) is 0 Å². The standard InChI is InChI=1S/C16H26N2OS/c1-16(2,3)14(19-4)15-18-13(10-5-6-10)12(20-15)9-17-11-7-8-11/h10-11,14,17H,5-9H2,1-4H3. The van der Waals surface area contributed by atoms with Gasteiger partial charge >= 0.3 is 0 Å². The molecule has 0 spiro atoms. The topological polar surface area (TPSA) is 34.1 Å². The highest BCUT2D eigenvalue weighted by atomic mass is 32.1. The van der Waals surface area contributed by atoms with E-state index in [4.69, 9.17) is 9.72 Å². The number of ether oxygens (including phenoxy) is 1. The first-order chi connectivity index (χ1) is 9.49. The summed E-state index contributed by atoms with van der Waals surface area (Å²) >= 11 is 1.86. The van der Waals surface area contributed by atoms with Crippen LogP contribution < -0.4 is 5.32 Å². The van der Waals surface area contributed by atoms with Crippen LogP contribution in [-0.4, -0.2) is 18.1 Å². The second-order valence-corrected chi connectivity index (χ2v) is 8.39.